The molecule has 0 aliphatic heterocycles. The van der Waals surface area contributed by atoms with Crippen LogP contribution in [0.4, 0.5) is 5.69 Å². The molecule has 0 bridgehead atoms. The molecular weight excluding hydrogens is 450 g/mol. The van der Waals surface area contributed by atoms with E-state index in [0.717, 1.165) is 5.56 Å². The number of ether oxygens (including phenoxy) is 1. The number of rotatable bonds is 7. The van der Waals surface area contributed by atoms with Crippen molar-refractivity contribution < 1.29 is 19.4 Å². The van der Waals surface area contributed by atoms with Crippen LogP contribution in [-0.2, 0) is 9.59 Å². The van der Waals surface area contributed by atoms with E-state index in [1.54, 1.807) is 24.3 Å². The maximum Gasteiger partial charge on any atom is 0.240 e. The Morgan fingerprint density at radius 1 is 1.25 bits per heavy atom. The molecule has 2 aromatic rings. The van der Waals surface area contributed by atoms with Gasteiger partial charge in [-0.1, -0.05) is 11.6 Å². The average molecular weight is 469 g/mol. The maximum atomic E-state index is 12.0. The Kier molecular flexibility index (Phi) is 7.83. The number of halogens is 2. The summed E-state index contributed by atoms with van der Waals surface area (Å²) in [7, 11) is 1.44. The van der Waals surface area contributed by atoms with E-state index < -0.39 is 5.91 Å². The topological polar surface area (TPSA) is 100 Å². The third-order valence-electron chi connectivity index (χ3n) is 3.69. The van der Waals surface area contributed by atoms with Gasteiger partial charge in [0.15, 0.2) is 11.5 Å². The molecule has 2 amide bonds. The number of benzene rings is 2. The van der Waals surface area contributed by atoms with Gasteiger partial charge in [0, 0.05) is 23.6 Å². The van der Waals surface area contributed by atoms with Gasteiger partial charge in [-0.2, -0.15) is 5.10 Å². The predicted octanol–water partition coefficient (Wildman–Crippen LogP) is 3.99. The van der Waals surface area contributed by atoms with E-state index in [4.69, 9.17) is 16.3 Å². The van der Waals surface area contributed by atoms with Crippen LogP contribution in [0.25, 0.3) is 0 Å². The van der Waals surface area contributed by atoms with Crippen molar-refractivity contribution in [1.29, 1.82) is 0 Å². The summed E-state index contributed by atoms with van der Waals surface area (Å²) in [6.45, 7) is 1.83. The fraction of sp³-hybridized carbons (Fsp3) is 0.211. The molecule has 0 atom stereocenters. The fourth-order valence-electron chi connectivity index (χ4n) is 2.32. The number of aromatic hydroxyl groups is 1. The highest BCUT2D eigenvalue weighted by atomic mass is 79.9. The quantitative estimate of drug-likeness (QED) is 0.422. The van der Waals surface area contributed by atoms with Crippen LogP contribution < -0.4 is 15.5 Å². The van der Waals surface area contributed by atoms with Crippen LogP contribution in [0.3, 0.4) is 0 Å². The van der Waals surface area contributed by atoms with E-state index in [1.165, 1.54) is 19.4 Å². The van der Waals surface area contributed by atoms with Crippen LogP contribution in [0.15, 0.2) is 39.9 Å². The van der Waals surface area contributed by atoms with Crippen molar-refractivity contribution in [2.75, 3.05) is 12.4 Å². The van der Waals surface area contributed by atoms with Gasteiger partial charge in [-0.25, -0.2) is 5.43 Å². The largest absolute Gasteiger partial charge is 0.504 e. The molecule has 0 saturated heterocycles. The lowest BCUT2D eigenvalue weighted by atomic mass is 10.2. The number of phenols is 1. The van der Waals surface area contributed by atoms with Crippen LogP contribution in [0.5, 0.6) is 11.5 Å². The van der Waals surface area contributed by atoms with Crippen LogP contribution in [0, 0.1) is 6.92 Å². The molecule has 148 valence electrons. The minimum atomic E-state index is -0.406. The first kappa shape index (κ1) is 21.7. The number of hydrogen-bond donors (Lipinski definition) is 3. The van der Waals surface area contributed by atoms with Crippen molar-refractivity contribution >= 4 is 51.2 Å². The Bertz CT molecular complexity index is 895. The van der Waals surface area contributed by atoms with Crippen molar-refractivity contribution in [3.8, 4) is 11.5 Å². The Morgan fingerprint density at radius 3 is 2.61 bits per heavy atom. The number of hydrogen-bond acceptors (Lipinski definition) is 5. The molecule has 2 aromatic carbocycles. The fourth-order valence-corrected chi connectivity index (χ4v) is 3.17. The first-order valence-electron chi connectivity index (χ1n) is 8.24. The molecule has 0 unspecified atom stereocenters. The average Bonchev–Trinajstić information content (AvgIpc) is 2.62. The molecule has 9 heteroatoms. The van der Waals surface area contributed by atoms with Crippen LogP contribution in [-0.4, -0.2) is 30.2 Å². The Labute approximate surface area is 175 Å². The second-order valence-electron chi connectivity index (χ2n) is 5.86. The summed E-state index contributed by atoms with van der Waals surface area (Å²) in [4.78, 5) is 23.8. The van der Waals surface area contributed by atoms with E-state index in [-0.39, 0.29) is 24.5 Å². The summed E-state index contributed by atoms with van der Waals surface area (Å²) in [6, 6.07) is 8.26. The number of anilines is 1. The zero-order chi connectivity index (χ0) is 20.7. The van der Waals surface area contributed by atoms with Gasteiger partial charge in [-0.15, -0.1) is 0 Å². The lowest BCUT2D eigenvalue weighted by Gasteiger charge is -2.08. The maximum absolute atomic E-state index is 12.0. The molecule has 0 fully saturated rings. The molecule has 3 N–H and O–H groups in total. The number of hydrazone groups is 1. The highest BCUT2D eigenvalue weighted by Gasteiger charge is 2.09. The minimum Gasteiger partial charge on any atom is -0.504 e. The van der Waals surface area contributed by atoms with E-state index in [0.29, 0.717) is 26.5 Å². The zero-order valence-electron chi connectivity index (χ0n) is 15.3. The van der Waals surface area contributed by atoms with Crippen molar-refractivity contribution in [2.45, 2.75) is 19.8 Å². The number of phenolic OH excluding ortho intramolecular Hbond substituents is 1. The van der Waals surface area contributed by atoms with Gasteiger partial charge in [-0.05, 0) is 64.3 Å². The van der Waals surface area contributed by atoms with Crippen molar-refractivity contribution in [2.24, 2.45) is 5.10 Å². The Balaban J connectivity index is 1.82. The van der Waals surface area contributed by atoms with Gasteiger partial charge >= 0.3 is 0 Å². The van der Waals surface area contributed by atoms with Gasteiger partial charge in [-0.3, -0.25) is 9.59 Å². The van der Waals surface area contributed by atoms with Gasteiger partial charge in [0.2, 0.25) is 11.8 Å². The molecule has 0 heterocycles. The number of methoxy groups -OCH3 is 1. The molecule has 2 rings (SSSR count). The second-order valence-corrected chi connectivity index (χ2v) is 7.15. The van der Waals surface area contributed by atoms with Crippen LogP contribution >= 0.6 is 27.5 Å². The van der Waals surface area contributed by atoms with E-state index in [2.05, 4.69) is 31.8 Å². The van der Waals surface area contributed by atoms with Gasteiger partial charge in [0.05, 0.1) is 17.8 Å². The lowest BCUT2D eigenvalue weighted by molar-refractivity contribution is -0.124. The van der Waals surface area contributed by atoms with Gasteiger partial charge < -0.3 is 15.2 Å². The molecular formula is C19H19BrClN3O4. The molecule has 7 nitrogen and oxygen atoms in total. The number of amides is 2. The molecule has 0 spiro atoms. The van der Waals surface area contributed by atoms with Crippen molar-refractivity contribution in [3.63, 3.8) is 0 Å². The van der Waals surface area contributed by atoms with Crippen molar-refractivity contribution in [1.82, 2.24) is 5.43 Å². The van der Waals surface area contributed by atoms with E-state index in [9.17, 15) is 14.7 Å². The lowest BCUT2D eigenvalue weighted by Crippen LogP contribution is -2.20. The van der Waals surface area contributed by atoms with E-state index in [1.807, 2.05) is 6.92 Å². The summed E-state index contributed by atoms with van der Waals surface area (Å²) in [5.41, 5.74) is 4.39. The molecule has 28 heavy (non-hydrogen) atoms. The van der Waals surface area contributed by atoms with Gasteiger partial charge in [0.25, 0.3) is 0 Å². The second kappa shape index (κ2) is 10.1. The number of carbonyl (C=O) groups is 2. The van der Waals surface area contributed by atoms with Crippen molar-refractivity contribution in [3.05, 3.63) is 51.0 Å². The third-order valence-corrected chi connectivity index (χ3v) is 4.52. The molecule has 0 saturated carbocycles. The highest BCUT2D eigenvalue weighted by Crippen LogP contribution is 2.34. The molecule has 0 aliphatic carbocycles. The molecule has 0 aromatic heterocycles. The normalized spacial score (nSPS) is 10.7. The highest BCUT2D eigenvalue weighted by molar-refractivity contribution is 9.10. The van der Waals surface area contributed by atoms with E-state index >= 15 is 0 Å². The third kappa shape index (κ3) is 6.24. The summed E-state index contributed by atoms with van der Waals surface area (Å²) in [6.07, 6.45) is 1.37. The summed E-state index contributed by atoms with van der Waals surface area (Å²) >= 11 is 9.15. The van der Waals surface area contributed by atoms with Crippen LogP contribution in [0.2, 0.25) is 5.02 Å². The molecule has 0 aliphatic rings. The van der Waals surface area contributed by atoms with Crippen LogP contribution in [0.1, 0.15) is 24.0 Å². The summed E-state index contributed by atoms with van der Waals surface area (Å²) < 4.78 is 5.58. The standard InChI is InChI=1S/C19H19BrClN3O4/c1-11-7-13(21)3-4-15(11)23-17(26)5-6-18(27)24-22-10-12-8-14(20)19(28-2)16(25)9-12/h3-4,7-10,25H,5-6H2,1-2H3,(H,23,26)(H,24,27)/b22-10-. The molecule has 0 radical (unpaired) electrons. The summed E-state index contributed by atoms with van der Waals surface area (Å²) in [5.74, 6) is -0.438. The summed E-state index contributed by atoms with van der Waals surface area (Å²) in [5, 5.41) is 17.0. The smallest absolute Gasteiger partial charge is 0.240 e. The number of carbonyl (C=O) groups excluding carboxylic acids is 2. The number of nitrogens with zero attached hydrogens (tertiary/aromatic N) is 1. The number of nitrogens with one attached hydrogen (secondary N) is 2. The monoisotopic (exact) mass is 467 g/mol. The zero-order valence-corrected chi connectivity index (χ0v) is 17.6. The van der Waals surface area contributed by atoms with Gasteiger partial charge in [0.1, 0.15) is 0 Å². The minimum absolute atomic E-state index is 0.0122. The SMILES string of the molecule is COc1c(O)cc(/C=N\NC(=O)CCC(=O)Nc2ccc(Cl)cc2C)cc1Br. The predicted molar refractivity (Wildman–Crippen MR) is 112 cm³/mol. The number of aryl methyl sites for hydroxylation is 1. The Hall–Kier alpha value is -2.58. The first-order chi connectivity index (χ1) is 13.3. The first-order valence-corrected chi connectivity index (χ1v) is 9.41. The Morgan fingerprint density at radius 2 is 1.96 bits per heavy atom.